The summed E-state index contributed by atoms with van der Waals surface area (Å²) in [7, 11) is 0. The number of ether oxygens (including phenoxy) is 3. The first-order valence-corrected chi connectivity index (χ1v) is 25.6. The minimum absolute atomic E-state index is 0.0864. The maximum Gasteiger partial charge on any atom is 0.306 e. The Balaban J connectivity index is 4.43. The van der Waals surface area contributed by atoms with Crippen molar-refractivity contribution in [3.05, 3.63) is 48.6 Å². The molecule has 0 aromatic carbocycles. The van der Waals surface area contributed by atoms with E-state index in [4.69, 9.17) is 14.2 Å². The predicted octanol–water partition coefficient (Wildman–Crippen LogP) is 16.7. The number of carbonyl (C=O) groups excluding carboxylic acids is 3. The van der Waals surface area contributed by atoms with E-state index in [0.29, 0.717) is 19.3 Å². The van der Waals surface area contributed by atoms with Crippen molar-refractivity contribution in [3.8, 4) is 0 Å². The van der Waals surface area contributed by atoms with Gasteiger partial charge in [-0.2, -0.15) is 0 Å². The van der Waals surface area contributed by atoms with Gasteiger partial charge < -0.3 is 14.2 Å². The molecule has 60 heavy (non-hydrogen) atoms. The van der Waals surface area contributed by atoms with Crippen LogP contribution in [-0.4, -0.2) is 37.2 Å². The molecule has 0 N–H and O–H groups in total. The number of allylic oxidation sites excluding steroid dienone is 8. The molecular weight excluding hydrogens is 745 g/mol. The summed E-state index contributed by atoms with van der Waals surface area (Å²) in [6, 6.07) is 0. The largest absolute Gasteiger partial charge is 0.462 e. The van der Waals surface area contributed by atoms with Gasteiger partial charge >= 0.3 is 17.9 Å². The number of rotatable bonds is 46. The monoisotopic (exact) mass is 841 g/mol. The minimum Gasteiger partial charge on any atom is -0.462 e. The average molecular weight is 841 g/mol. The normalized spacial score (nSPS) is 12.4. The SMILES string of the molecule is CCCCC/C=C\C/C=C\C/C=C\C/C=C\CCCC(=O)OCC(COC(=O)CCCCCCCCCCCCCC)OC(=O)CCCCCCCCCCCCCCC. The molecule has 0 heterocycles. The van der Waals surface area contributed by atoms with Crippen LogP contribution >= 0.6 is 0 Å². The number of esters is 3. The molecule has 6 nitrogen and oxygen atoms in total. The molecule has 1 unspecified atom stereocenters. The Labute approximate surface area is 371 Å². The summed E-state index contributed by atoms with van der Waals surface area (Å²) in [4.78, 5) is 37.9. The third kappa shape index (κ3) is 46.4. The zero-order chi connectivity index (χ0) is 43.7. The van der Waals surface area contributed by atoms with Crippen LogP contribution in [0.5, 0.6) is 0 Å². The molecule has 0 aliphatic rings. The quantitative estimate of drug-likeness (QED) is 0.0263. The van der Waals surface area contributed by atoms with Crippen molar-refractivity contribution in [1.29, 1.82) is 0 Å². The summed E-state index contributed by atoms with van der Waals surface area (Å²) in [6.07, 6.45) is 58.1. The Morgan fingerprint density at radius 2 is 0.617 bits per heavy atom. The molecule has 0 aliphatic carbocycles. The molecule has 348 valence electrons. The molecular formula is C54H96O6. The van der Waals surface area contributed by atoms with E-state index in [1.807, 2.05) is 0 Å². The molecule has 1 atom stereocenters. The third-order valence-corrected chi connectivity index (χ3v) is 11.1. The maximum atomic E-state index is 12.8. The van der Waals surface area contributed by atoms with Gasteiger partial charge in [-0.25, -0.2) is 0 Å². The molecule has 0 aromatic heterocycles. The van der Waals surface area contributed by atoms with Crippen LogP contribution in [-0.2, 0) is 28.6 Å². The fourth-order valence-corrected chi connectivity index (χ4v) is 7.20. The van der Waals surface area contributed by atoms with E-state index >= 15 is 0 Å². The van der Waals surface area contributed by atoms with E-state index in [-0.39, 0.29) is 37.5 Å². The molecule has 0 amide bonds. The van der Waals surface area contributed by atoms with Crippen molar-refractivity contribution in [2.45, 2.75) is 264 Å². The van der Waals surface area contributed by atoms with Crippen molar-refractivity contribution in [2.24, 2.45) is 0 Å². The second-order valence-corrected chi connectivity index (χ2v) is 17.1. The van der Waals surface area contributed by atoms with Gasteiger partial charge in [0.1, 0.15) is 13.2 Å². The minimum atomic E-state index is -0.789. The van der Waals surface area contributed by atoms with Gasteiger partial charge in [-0.05, 0) is 57.8 Å². The highest BCUT2D eigenvalue weighted by atomic mass is 16.6. The van der Waals surface area contributed by atoms with Gasteiger partial charge in [0.15, 0.2) is 6.10 Å². The van der Waals surface area contributed by atoms with Gasteiger partial charge in [-0.1, -0.05) is 230 Å². The Hall–Kier alpha value is -2.63. The lowest BCUT2D eigenvalue weighted by atomic mass is 10.0. The predicted molar refractivity (Wildman–Crippen MR) is 256 cm³/mol. The molecule has 0 rings (SSSR count). The van der Waals surface area contributed by atoms with Crippen LogP contribution in [0, 0.1) is 0 Å². The van der Waals surface area contributed by atoms with Gasteiger partial charge in [0.05, 0.1) is 0 Å². The average Bonchev–Trinajstić information content (AvgIpc) is 3.24. The lowest BCUT2D eigenvalue weighted by molar-refractivity contribution is -0.167. The number of hydrogen-bond acceptors (Lipinski definition) is 6. The van der Waals surface area contributed by atoms with E-state index in [9.17, 15) is 14.4 Å². The van der Waals surface area contributed by atoms with Gasteiger partial charge in [-0.3, -0.25) is 14.4 Å². The fraction of sp³-hybridized carbons (Fsp3) is 0.796. The highest BCUT2D eigenvalue weighted by molar-refractivity contribution is 5.71. The van der Waals surface area contributed by atoms with Crippen molar-refractivity contribution >= 4 is 17.9 Å². The van der Waals surface area contributed by atoms with Gasteiger partial charge in [0.2, 0.25) is 0 Å². The molecule has 0 bridgehead atoms. The first kappa shape index (κ1) is 57.4. The van der Waals surface area contributed by atoms with E-state index in [1.165, 1.54) is 148 Å². The standard InChI is InChI=1S/C54H96O6/c1-4-7-10-13-16-19-22-25-26-27-28-30-32-35-38-41-44-47-53(56)59-50-51(49-58-52(55)46-43-40-37-34-31-24-21-18-15-12-9-6-3)60-54(57)48-45-42-39-36-33-29-23-20-17-14-11-8-5-2/h16,19,25-26,28,30,35,38,51H,4-15,17-18,20-24,27,29,31-34,36-37,39-50H2,1-3H3/b19-16-,26-25-,30-28-,38-35-. The van der Waals surface area contributed by atoms with Crippen LogP contribution in [0.1, 0.15) is 258 Å². The van der Waals surface area contributed by atoms with Crippen molar-refractivity contribution < 1.29 is 28.6 Å². The summed E-state index contributed by atoms with van der Waals surface area (Å²) in [6.45, 7) is 6.57. The second-order valence-electron chi connectivity index (χ2n) is 17.1. The molecule has 6 heteroatoms. The first-order chi connectivity index (χ1) is 29.5. The number of unbranched alkanes of at least 4 members (excludes halogenated alkanes) is 27. The van der Waals surface area contributed by atoms with Crippen LogP contribution in [0.4, 0.5) is 0 Å². The zero-order valence-electron chi connectivity index (χ0n) is 39.7. The van der Waals surface area contributed by atoms with Gasteiger partial charge in [0, 0.05) is 19.3 Å². The van der Waals surface area contributed by atoms with E-state index in [2.05, 4.69) is 69.4 Å². The molecule has 0 spiro atoms. The lowest BCUT2D eigenvalue weighted by Gasteiger charge is -2.18. The van der Waals surface area contributed by atoms with Crippen LogP contribution in [0.3, 0.4) is 0 Å². The highest BCUT2D eigenvalue weighted by Crippen LogP contribution is 2.15. The molecule has 0 radical (unpaired) electrons. The topological polar surface area (TPSA) is 78.9 Å². The Morgan fingerprint density at radius 1 is 0.333 bits per heavy atom. The Kier molecular flexibility index (Phi) is 46.9. The van der Waals surface area contributed by atoms with Crippen LogP contribution < -0.4 is 0 Å². The van der Waals surface area contributed by atoms with Crippen molar-refractivity contribution in [3.63, 3.8) is 0 Å². The molecule has 0 saturated carbocycles. The number of carbonyl (C=O) groups is 3. The van der Waals surface area contributed by atoms with E-state index in [0.717, 1.165) is 64.2 Å². The van der Waals surface area contributed by atoms with E-state index < -0.39 is 6.10 Å². The molecule has 0 saturated heterocycles. The third-order valence-electron chi connectivity index (χ3n) is 11.1. The summed E-state index contributed by atoms with van der Waals surface area (Å²) < 4.78 is 16.7. The summed E-state index contributed by atoms with van der Waals surface area (Å²) in [5.74, 6) is -0.937. The summed E-state index contributed by atoms with van der Waals surface area (Å²) in [5, 5.41) is 0. The highest BCUT2D eigenvalue weighted by Gasteiger charge is 2.19. The second kappa shape index (κ2) is 49.0. The van der Waals surface area contributed by atoms with Crippen LogP contribution in [0.15, 0.2) is 48.6 Å². The molecule has 0 fully saturated rings. The smallest absolute Gasteiger partial charge is 0.306 e. The first-order valence-electron chi connectivity index (χ1n) is 25.6. The maximum absolute atomic E-state index is 12.8. The number of hydrogen-bond donors (Lipinski definition) is 0. The summed E-state index contributed by atoms with van der Waals surface area (Å²) >= 11 is 0. The van der Waals surface area contributed by atoms with Gasteiger partial charge in [0.25, 0.3) is 0 Å². The molecule has 0 aromatic rings. The Morgan fingerprint density at radius 3 is 1.00 bits per heavy atom. The Bertz CT molecular complexity index is 1060. The summed E-state index contributed by atoms with van der Waals surface area (Å²) in [5.41, 5.74) is 0. The lowest BCUT2D eigenvalue weighted by Crippen LogP contribution is -2.30. The van der Waals surface area contributed by atoms with E-state index in [1.54, 1.807) is 0 Å². The zero-order valence-corrected chi connectivity index (χ0v) is 39.7. The van der Waals surface area contributed by atoms with Crippen LogP contribution in [0.25, 0.3) is 0 Å². The molecule has 0 aliphatic heterocycles. The van der Waals surface area contributed by atoms with Gasteiger partial charge in [-0.15, -0.1) is 0 Å². The van der Waals surface area contributed by atoms with Crippen molar-refractivity contribution in [2.75, 3.05) is 13.2 Å². The fourth-order valence-electron chi connectivity index (χ4n) is 7.20. The van der Waals surface area contributed by atoms with Crippen LogP contribution in [0.2, 0.25) is 0 Å². The van der Waals surface area contributed by atoms with Crippen molar-refractivity contribution in [1.82, 2.24) is 0 Å².